The molecule has 2 N–H and O–H groups in total. The van der Waals surface area contributed by atoms with Gasteiger partial charge in [0, 0.05) is 17.7 Å². The summed E-state index contributed by atoms with van der Waals surface area (Å²) < 4.78 is 15.1. The van der Waals surface area contributed by atoms with Crippen LogP contribution in [0.5, 0.6) is 5.75 Å². The number of azo groups is 1. The SMILES string of the molecule is Cc1nc(N=Nc2cc([N+](=O)[O-])ccc2Cl)c(COP(=O)([O-])O)c(C=O)c1O.[Na+]. The first kappa shape index (κ1) is 25.3. The summed E-state index contributed by atoms with van der Waals surface area (Å²) >= 11 is 5.91. The molecule has 15 heteroatoms. The maximum Gasteiger partial charge on any atom is 1.00 e. The second-order valence-electron chi connectivity index (χ2n) is 5.21. The predicted octanol–water partition coefficient (Wildman–Crippen LogP) is -0.134. The average molecular weight is 453 g/mol. The molecule has 0 spiro atoms. The number of halogens is 1. The zero-order chi connectivity index (χ0) is 21.1. The molecule has 1 atom stereocenters. The van der Waals surface area contributed by atoms with Gasteiger partial charge in [0.05, 0.1) is 27.8 Å². The second-order valence-corrected chi connectivity index (χ2v) is 6.82. The molecule has 1 heterocycles. The third kappa shape index (κ3) is 6.63. The van der Waals surface area contributed by atoms with Crippen molar-refractivity contribution in [3.05, 3.63) is 50.2 Å². The van der Waals surface area contributed by atoms with Crippen LogP contribution in [0.4, 0.5) is 17.2 Å². The number of rotatable bonds is 7. The van der Waals surface area contributed by atoms with Crippen LogP contribution < -0.4 is 34.5 Å². The number of phosphoric ester groups is 1. The summed E-state index contributed by atoms with van der Waals surface area (Å²) in [5.74, 6) is -0.868. The van der Waals surface area contributed by atoms with Crippen molar-refractivity contribution in [2.45, 2.75) is 13.5 Å². The Labute approximate surface area is 190 Å². The second kappa shape index (κ2) is 10.3. The summed E-state index contributed by atoms with van der Waals surface area (Å²) in [6.07, 6.45) is 0.217. The molecule has 1 aromatic carbocycles. The van der Waals surface area contributed by atoms with Crippen LogP contribution >= 0.6 is 19.4 Å². The van der Waals surface area contributed by atoms with Crippen molar-refractivity contribution >= 4 is 42.9 Å². The molecule has 0 aliphatic rings. The quantitative estimate of drug-likeness (QED) is 0.144. The zero-order valence-corrected chi connectivity index (χ0v) is 18.6. The molecule has 148 valence electrons. The fraction of sp³-hybridized carbons (Fsp3) is 0.143. The minimum Gasteiger partial charge on any atom is -0.756 e. The van der Waals surface area contributed by atoms with Crippen molar-refractivity contribution in [1.29, 1.82) is 0 Å². The van der Waals surface area contributed by atoms with Crippen LogP contribution in [0.2, 0.25) is 5.02 Å². The van der Waals surface area contributed by atoms with E-state index in [-0.39, 0.29) is 74.9 Å². The van der Waals surface area contributed by atoms with E-state index in [9.17, 15) is 29.5 Å². The van der Waals surface area contributed by atoms with Gasteiger partial charge in [0.2, 0.25) is 0 Å². The monoisotopic (exact) mass is 452 g/mol. The van der Waals surface area contributed by atoms with Crippen molar-refractivity contribution in [2.24, 2.45) is 10.2 Å². The molecular formula is C14H11ClN4NaO8P. The normalized spacial score (nSPS) is 13.0. The Morgan fingerprint density at radius 1 is 1.41 bits per heavy atom. The number of aromatic hydroxyl groups is 1. The smallest absolute Gasteiger partial charge is 0.756 e. The maximum absolute atomic E-state index is 11.3. The first-order valence-corrected chi connectivity index (χ1v) is 9.12. The molecule has 0 aliphatic heterocycles. The number of non-ortho nitro benzene ring substituents is 1. The minimum absolute atomic E-state index is 0. The molecule has 12 nitrogen and oxygen atoms in total. The largest absolute Gasteiger partial charge is 1.00 e. The van der Waals surface area contributed by atoms with Gasteiger partial charge in [-0.15, -0.1) is 10.2 Å². The maximum atomic E-state index is 11.3. The van der Waals surface area contributed by atoms with E-state index < -0.39 is 25.1 Å². The predicted molar refractivity (Wildman–Crippen MR) is 92.9 cm³/mol. The molecule has 1 aromatic heterocycles. The van der Waals surface area contributed by atoms with Crippen LogP contribution in [-0.4, -0.2) is 26.2 Å². The number of carbonyl (C=O) groups excluding carboxylic acids is 1. The number of aryl methyl sites for hydroxylation is 1. The van der Waals surface area contributed by atoms with Crippen molar-refractivity contribution in [3.63, 3.8) is 0 Å². The molecule has 0 aliphatic carbocycles. The van der Waals surface area contributed by atoms with E-state index in [4.69, 9.17) is 16.5 Å². The Morgan fingerprint density at radius 3 is 2.62 bits per heavy atom. The molecule has 2 aromatic rings. The molecule has 1 unspecified atom stereocenters. The van der Waals surface area contributed by atoms with Crippen LogP contribution in [0.25, 0.3) is 0 Å². The summed E-state index contributed by atoms with van der Waals surface area (Å²) in [6.45, 7) is 0.472. The van der Waals surface area contributed by atoms with E-state index in [1.165, 1.54) is 13.0 Å². The fourth-order valence-electron chi connectivity index (χ4n) is 2.03. The molecular weight excluding hydrogens is 442 g/mol. The summed E-state index contributed by atoms with van der Waals surface area (Å²) in [7, 11) is -5.15. The van der Waals surface area contributed by atoms with Crippen LogP contribution in [0, 0.1) is 17.0 Å². The Bertz CT molecular complexity index is 1030. The number of hydrogen-bond donors (Lipinski definition) is 2. The number of nitro benzene ring substituents is 1. The minimum atomic E-state index is -5.15. The van der Waals surface area contributed by atoms with Crippen molar-refractivity contribution in [3.8, 4) is 5.75 Å². The average Bonchev–Trinajstić information content (AvgIpc) is 2.61. The van der Waals surface area contributed by atoms with Crippen molar-refractivity contribution < 1.29 is 63.3 Å². The number of hydrogen-bond acceptors (Lipinski definition) is 10. The number of benzene rings is 1. The molecule has 0 saturated carbocycles. The Kier molecular flexibility index (Phi) is 9.00. The summed E-state index contributed by atoms with van der Waals surface area (Å²) in [4.78, 5) is 45.0. The number of phosphoric acid groups is 1. The van der Waals surface area contributed by atoms with Gasteiger partial charge < -0.3 is 19.4 Å². The summed E-state index contributed by atoms with van der Waals surface area (Å²) in [5, 5.41) is 28.3. The van der Waals surface area contributed by atoms with Crippen LogP contribution in [0.15, 0.2) is 28.4 Å². The molecule has 29 heavy (non-hydrogen) atoms. The van der Waals surface area contributed by atoms with E-state index in [1.807, 2.05) is 0 Å². The van der Waals surface area contributed by atoms with Crippen molar-refractivity contribution in [2.75, 3.05) is 0 Å². The Morgan fingerprint density at radius 2 is 2.07 bits per heavy atom. The van der Waals surface area contributed by atoms with E-state index in [2.05, 4.69) is 19.7 Å². The molecule has 0 bridgehead atoms. The standard InChI is InChI=1S/C14H12ClN4O8P.Na/c1-7-13(21)9(5-20)10(6-27-28(24,25)26)14(16-7)18-17-12-4-8(19(22)23)2-3-11(12)15;/h2-5,21H,6H2,1H3,(H2,24,25,26);/q;+1/p-1. The van der Waals surface area contributed by atoms with Crippen LogP contribution in [0.3, 0.4) is 0 Å². The van der Waals surface area contributed by atoms with Gasteiger partial charge in [-0.3, -0.25) is 19.5 Å². The van der Waals surface area contributed by atoms with Gasteiger partial charge in [0.15, 0.2) is 12.1 Å². The summed E-state index contributed by atoms with van der Waals surface area (Å²) in [6, 6.07) is 3.42. The molecule has 0 radical (unpaired) electrons. The molecule has 0 saturated heterocycles. The Balaban J connectivity index is 0.00000420. The van der Waals surface area contributed by atoms with E-state index in [0.29, 0.717) is 0 Å². The third-order valence-electron chi connectivity index (χ3n) is 3.35. The van der Waals surface area contributed by atoms with Gasteiger partial charge in [-0.25, -0.2) is 4.98 Å². The van der Waals surface area contributed by atoms with Gasteiger partial charge in [-0.1, -0.05) is 11.6 Å². The first-order chi connectivity index (χ1) is 13.0. The number of nitrogens with zero attached hydrogens (tertiary/aromatic N) is 4. The third-order valence-corrected chi connectivity index (χ3v) is 4.12. The topological polar surface area (TPSA) is 188 Å². The van der Waals surface area contributed by atoms with E-state index >= 15 is 0 Å². The summed E-state index contributed by atoms with van der Waals surface area (Å²) in [5.41, 5.74) is -1.09. The number of aromatic nitrogens is 1. The number of carbonyl (C=O) groups is 1. The van der Waals surface area contributed by atoms with Gasteiger partial charge in [0.1, 0.15) is 11.4 Å². The molecule has 0 amide bonds. The number of nitro groups is 1. The fourth-order valence-corrected chi connectivity index (χ4v) is 2.48. The van der Waals surface area contributed by atoms with Gasteiger partial charge >= 0.3 is 29.6 Å². The number of aldehydes is 1. The van der Waals surface area contributed by atoms with E-state index in [1.54, 1.807) is 0 Å². The van der Waals surface area contributed by atoms with Crippen LogP contribution in [-0.2, 0) is 15.7 Å². The molecule has 0 fully saturated rings. The van der Waals surface area contributed by atoms with Gasteiger partial charge in [-0.05, 0) is 13.0 Å². The molecule has 2 rings (SSSR count). The van der Waals surface area contributed by atoms with Gasteiger partial charge in [0.25, 0.3) is 13.5 Å². The Hall–Kier alpha value is -1.76. The van der Waals surface area contributed by atoms with E-state index in [0.717, 1.165) is 12.1 Å². The zero-order valence-electron chi connectivity index (χ0n) is 15.0. The first-order valence-electron chi connectivity index (χ1n) is 7.25. The van der Waals surface area contributed by atoms with Crippen molar-refractivity contribution in [1.82, 2.24) is 4.98 Å². The van der Waals surface area contributed by atoms with Gasteiger partial charge in [-0.2, -0.15) is 0 Å². The number of pyridine rings is 1. The van der Waals surface area contributed by atoms with Crippen LogP contribution in [0.1, 0.15) is 21.6 Å².